The number of aromatic nitrogens is 2. The molecule has 0 aliphatic carbocycles. The summed E-state index contributed by atoms with van der Waals surface area (Å²) in [6.45, 7) is 3.83. The highest BCUT2D eigenvalue weighted by Crippen LogP contribution is 2.23. The van der Waals surface area contributed by atoms with Gasteiger partial charge in [0.05, 0.1) is 4.90 Å². The fourth-order valence-electron chi connectivity index (χ4n) is 3.27. The second-order valence-electron chi connectivity index (χ2n) is 7.00. The number of sulfonamides is 1. The molecule has 0 spiro atoms. The van der Waals surface area contributed by atoms with Crippen molar-refractivity contribution in [1.29, 1.82) is 0 Å². The summed E-state index contributed by atoms with van der Waals surface area (Å²) in [4.78, 5) is 6.98. The quantitative estimate of drug-likeness (QED) is 0.625. The molecule has 7 nitrogen and oxygen atoms in total. The van der Waals surface area contributed by atoms with Gasteiger partial charge in [-0.05, 0) is 42.3 Å². The zero-order valence-electron chi connectivity index (χ0n) is 17.4. The molecule has 0 bridgehead atoms. The third-order valence-corrected chi connectivity index (χ3v) is 7.58. The number of rotatable bonds is 5. The van der Waals surface area contributed by atoms with E-state index in [-0.39, 0.29) is 5.82 Å². The summed E-state index contributed by atoms with van der Waals surface area (Å²) < 4.78 is 44.7. The first kappa shape index (κ1) is 23.3. The van der Waals surface area contributed by atoms with Gasteiger partial charge in [0.2, 0.25) is 15.2 Å². The molecule has 1 aromatic heterocycles. The lowest BCUT2D eigenvalue weighted by atomic mass is 10.1. The van der Waals surface area contributed by atoms with Crippen LogP contribution < -0.4 is 4.90 Å². The van der Waals surface area contributed by atoms with Gasteiger partial charge in [0.15, 0.2) is 0 Å². The van der Waals surface area contributed by atoms with Gasteiger partial charge in [-0.15, -0.1) is 0 Å². The van der Waals surface area contributed by atoms with Crippen molar-refractivity contribution in [3.05, 3.63) is 71.3 Å². The van der Waals surface area contributed by atoms with Crippen LogP contribution in [0.4, 0.5) is 9.52 Å². The average molecular weight is 465 g/mol. The number of aliphatic hydroxyl groups is 1. The molecule has 0 unspecified atom stereocenters. The minimum atomic E-state index is -3.49. The highest BCUT2D eigenvalue weighted by Gasteiger charge is 2.29. The van der Waals surface area contributed by atoms with Gasteiger partial charge in [0.1, 0.15) is 11.6 Å². The number of aliphatic hydroxyl groups excluding tert-OH is 1. The molecule has 10 heteroatoms. The second kappa shape index (κ2) is 10.3. The van der Waals surface area contributed by atoms with Gasteiger partial charge in [-0.3, -0.25) is 0 Å². The standard InChI is InChI=1S/C20H21FN4O2S2.CH4O/c1-15-3-2-4-18(13-15)29(26,27)25-11-9-24(10-12-25)20-22-19(23-28-20)14-16-5-7-17(21)8-6-16;1-2/h2-8,13H,9-12,14H2,1H3;2H,1H3. The zero-order valence-corrected chi connectivity index (χ0v) is 19.0. The van der Waals surface area contributed by atoms with Crippen LogP contribution in [0.3, 0.4) is 0 Å². The van der Waals surface area contributed by atoms with Crippen molar-refractivity contribution in [2.75, 3.05) is 38.2 Å². The Kier molecular flexibility index (Phi) is 7.71. The SMILES string of the molecule is CO.Cc1cccc(S(=O)(=O)N2CCN(c3nc(Cc4ccc(F)cc4)ns3)CC2)c1. The predicted molar refractivity (Wildman–Crippen MR) is 119 cm³/mol. The number of benzene rings is 2. The van der Waals surface area contributed by atoms with Gasteiger partial charge >= 0.3 is 0 Å². The first-order valence-electron chi connectivity index (χ1n) is 9.75. The van der Waals surface area contributed by atoms with E-state index in [9.17, 15) is 12.8 Å². The number of hydrogen-bond donors (Lipinski definition) is 1. The lowest BCUT2D eigenvalue weighted by molar-refractivity contribution is 0.384. The van der Waals surface area contributed by atoms with Crippen molar-refractivity contribution in [1.82, 2.24) is 13.7 Å². The molecule has 1 aliphatic heterocycles. The van der Waals surface area contributed by atoms with E-state index in [4.69, 9.17) is 5.11 Å². The maximum atomic E-state index is 13.0. The van der Waals surface area contributed by atoms with Gasteiger partial charge in [-0.25, -0.2) is 17.8 Å². The van der Waals surface area contributed by atoms with Crippen LogP contribution in [0.5, 0.6) is 0 Å². The smallest absolute Gasteiger partial charge is 0.243 e. The maximum absolute atomic E-state index is 13.0. The zero-order chi connectivity index (χ0) is 22.4. The normalized spacial score (nSPS) is 14.8. The van der Waals surface area contributed by atoms with E-state index in [0.29, 0.717) is 43.3 Å². The number of aryl methyl sites for hydroxylation is 1. The Bertz CT molecular complexity index is 1100. The molecular formula is C21H25FN4O3S2. The van der Waals surface area contributed by atoms with E-state index >= 15 is 0 Å². The topological polar surface area (TPSA) is 86.6 Å². The maximum Gasteiger partial charge on any atom is 0.243 e. The molecule has 0 amide bonds. The first-order valence-corrected chi connectivity index (χ1v) is 12.0. The van der Waals surface area contributed by atoms with Crippen molar-refractivity contribution in [2.24, 2.45) is 0 Å². The summed E-state index contributed by atoms with van der Waals surface area (Å²) in [5.74, 6) is 0.422. The molecule has 1 saturated heterocycles. The summed E-state index contributed by atoms with van der Waals surface area (Å²) >= 11 is 1.31. The third-order valence-electron chi connectivity index (χ3n) is 4.87. The van der Waals surface area contributed by atoms with Crippen LogP contribution in [0.15, 0.2) is 53.4 Å². The summed E-state index contributed by atoms with van der Waals surface area (Å²) in [5.41, 5.74) is 1.87. The summed E-state index contributed by atoms with van der Waals surface area (Å²) in [6, 6.07) is 13.3. The molecule has 1 N–H and O–H groups in total. The van der Waals surface area contributed by atoms with E-state index in [1.807, 2.05) is 13.0 Å². The third kappa shape index (κ3) is 5.65. The molecule has 0 atom stereocenters. The second-order valence-corrected chi connectivity index (χ2v) is 9.67. The Morgan fingerprint density at radius 1 is 1.06 bits per heavy atom. The summed E-state index contributed by atoms with van der Waals surface area (Å²) in [7, 11) is -2.49. The van der Waals surface area contributed by atoms with Gasteiger partial charge in [0.25, 0.3) is 0 Å². The molecule has 4 rings (SSSR count). The minimum Gasteiger partial charge on any atom is -0.400 e. The number of halogens is 1. The molecule has 2 aromatic carbocycles. The molecule has 3 aromatic rings. The van der Waals surface area contributed by atoms with Gasteiger partial charge in [0, 0.05) is 51.2 Å². The first-order chi connectivity index (χ1) is 14.9. The lowest BCUT2D eigenvalue weighted by Gasteiger charge is -2.33. The van der Waals surface area contributed by atoms with Crippen molar-refractivity contribution >= 4 is 26.7 Å². The molecule has 0 saturated carbocycles. The highest BCUT2D eigenvalue weighted by atomic mass is 32.2. The summed E-state index contributed by atoms with van der Waals surface area (Å²) in [5, 5.41) is 7.79. The Hall–Kier alpha value is -2.40. The van der Waals surface area contributed by atoms with E-state index < -0.39 is 10.0 Å². The van der Waals surface area contributed by atoms with Crippen molar-refractivity contribution < 1.29 is 17.9 Å². The van der Waals surface area contributed by atoms with E-state index in [1.54, 1.807) is 30.3 Å². The number of piperazine rings is 1. The Labute approximate surface area is 186 Å². The van der Waals surface area contributed by atoms with Crippen molar-refractivity contribution in [2.45, 2.75) is 18.2 Å². The van der Waals surface area contributed by atoms with E-state index in [2.05, 4.69) is 14.3 Å². The van der Waals surface area contributed by atoms with Gasteiger partial charge < -0.3 is 10.0 Å². The molecule has 1 aliphatic rings. The van der Waals surface area contributed by atoms with Crippen LogP contribution in [0, 0.1) is 12.7 Å². The summed E-state index contributed by atoms with van der Waals surface area (Å²) in [6.07, 6.45) is 0.540. The molecule has 0 radical (unpaired) electrons. The molecular weight excluding hydrogens is 439 g/mol. The number of nitrogens with zero attached hydrogens (tertiary/aromatic N) is 4. The van der Waals surface area contributed by atoms with Crippen LogP contribution in [-0.4, -0.2) is 60.5 Å². The molecule has 166 valence electrons. The largest absolute Gasteiger partial charge is 0.400 e. The van der Waals surface area contributed by atoms with Crippen LogP contribution in [-0.2, 0) is 16.4 Å². The van der Waals surface area contributed by atoms with E-state index in [0.717, 1.165) is 23.4 Å². The molecule has 31 heavy (non-hydrogen) atoms. The van der Waals surface area contributed by atoms with Crippen molar-refractivity contribution in [3.63, 3.8) is 0 Å². The highest BCUT2D eigenvalue weighted by molar-refractivity contribution is 7.89. The Morgan fingerprint density at radius 3 is 2.39 bits per heavy atom. The van der Waals surface area contributed by atoms with Crippen molar-refractivity contribution in [3.8, 4) is 0 Å². The van der Waals surface area contributed by atoms with Gasteiger partial charge in [-0.2, -0.15) is 8.68 Å². The fourth-order valence-corrected chi connectivity index (χ4v) is 5.54. The Morgan fingerprint density at radius 2 is 1.74 bits per heavy atom. The van der Waals surface area contributed by atoms with Crippen LogP contribution in [0.2, 0.25) is 0 Å². The number of hydrogen-bond acceptors (Lipinski definition) is 7. The van der Waals surface area contributed by atoms with E-state index in [1.165, 1.54) is 28.0 Å². The lowest BCUT2D eigenvalue weighted by Crippen LogP contribution is -2.48. The van der Waals surface area contributed by atoms with Crippen LogP contribution in [0.1, 0.15) is 17.0 Å². The van der Waals surface area contributed by atoms with Crippen LogP contribution in [0.25, 0.3) is 0 Å². The monoisotopic (exact) mass is 464 g/mol. The predicted octanol–water partition coefficient (Wildman–Crippen LogP) is 2.70. The minimum absolute atomic E-state index is 0.265. The van der Waals surface area contributed by atoms with Gasteiger partial charge in [-0.1, -0.05) is 24.3 Å². The Balaban J connectivity index is 0.00000132. The fraction of sp³-hybridized carbons (Fsp3) is 0.333. The molecule has 1 fully saturated rings. The molecule has 2 heterocycles. The number of anilines is 1. The van der Waals surface area contributed by atoms with Crippen LogP contribution >= 0.6 is 11.5 Å². The average Bonchev–Trinajstić information content (AvgIpc) is 3.25.